The van der Waals surface area contributed by atoms with Crippen molar-refractivity contribution in [2.45, 2.75) is 45.4 Å². The molecule has 1 saturated heterocycles. The molecule has 1 aliphatic rings. The molecule has 1 fully saturated rings. The van der Waals surface area contributed by atoms with Gasteiger partial charge in [-0.1, -0.05) is 6.92 Å². The van der Waals surface area contributed by atoms with Gasteiger partial charge in [0.25, 0.3) is 0 Å². The Bertz CT molecular complexity index is 1220. The highest BCUT2D eigenvalue weighted by atomic mass is 19.1. The first-order valence-electron chi connectivity index (χ1n) is 12.2. The predicted octanol–water partition coefficient (Wildman–Crippen LogP) is 4.50. The number of nitrogens with zero attached hydrogens (tertiary/aromatic N) is 3. The average Bonchev–Trinajstić information content (AvgIpc) is 2.82. The van der Waals surface area contributed by atoms with E-state index >= 15 is 0 Å². The van der Waals surface area contributed by atoms with Gasteiger partial charge in [-0.3, -0.25) is 4.98 Å². The topological polar surface area (TPSA) is 96.5 Å². The van der Waals surface area contributed by atoms with Crippen LogP contribution < -0.4 is 20.7 Å². The number of anilines is 2. The lowest BCUT2D eigenvalue weighted by molar-refractivity contribution is 0.0282. The minimum atomic E-state index is -1.19. The zero-order chi connectivity index (χ0) is 26.7. The van der Waals surface area contributed by atoms with Crippen LogP contribution in [0.3, 0.4) is 0 Å². The number of pyridine rings is 2. The summed E-state index contributed by atoms with van der Waals surface area (Å²) in [6, 6.07) is 6.46. The second kappa shape index (κ2) is 10.9. The first-order valence-corrected chi connectivity index (χ1v) is 12.2. The molecule has 0 spiro atoms. The Kier molecular flexibility index (Phi) is 7.89. The summed E-state index contributed by atoms with van der Waals surface area (Å²) >= 11 is 0. The molecular weight excluding hydrogens is 483 g/mol. The van der Waals surface area contributed by atoms with Crippen molar-refractivity contribution in [1.82, 2.24) is 9.97 Å². The van der Waals surface area contributed by atoms with Gasteiger partial charge in [-0.2, -0.15) is 0 Å². The van der Waals surface area contributed by atoms with E-state index in [4.69, 9.17) is 10.5 Å². The Morgan fingerprint density at radius 2 is 1.86 bits per heavy atom. The van der Waals surface area contributed by atoms with E-state index in [1.54, 1.807) is 12.4 Å². The highest BCUT2D eigenvalue weighted by Gasteiger charge is 2.24. The van der Waals surface area contributed by atoms with E-state index < -0.39 is 34.3 Å². The van der Waals surface area contributed by atoms with Gasteiger partial charge in [-0.25, -0.2) is 18.2 Å². The third-order valence-electron chi connectivity index (χ3n) is 6.04. The molecule has 1 aromatic carbocycles. The van der Waals surface area contributed by atoms with Crippen LogP contribution in [0.15, 0.2) is 42.7 Å². The molecule has 2 atom stereocenters. The van der Waals surface area contributed by atoms with Crippen LogP contribution >= 0.6 is 0 Å². The second-order valence-electron chi connectivity index (χ2n) is 10.2. The molecule has 3 aromatic rings. The molecule has 37 heavy (non-hydrogen) atoms. The normalized spacial score (nSPS) is 18.1. The number of halogens is 3. The summed E-state index contributed by atoms with van der Waals surface area (Å²) in [4.78, 5) is 10.6. The van der Waals surface area contributed by atoms with Gasteiger partial charge in [0.05, 0.1) is 41.0 Å². The van der Waals surface area contributed by atoms with Gasteiger partial charge in [0.2, 0.25) is 0 Å². The molecule has 198 valence electrons. The third kappa shape index (κ3) is 6.69. The van der Waals surface area contributed by atoms with Gasteiger partial charge in [0.1, 0.15) is 35.5 Å². The number of ether oxygens (including phenoxy) is 1. The highest BCUT2D eigenvalue weighted by Crippen LogP contribution is 2.32. The van der Waals surface area contributed by atoms with Crippen LogP contribution in [0.4, 0.5) is 24.5 Å². The monoisotopic (exact) mass is 515 g/mol. The summed E-state index contributed by atoms with van der Waals surface area (Å²) in [6.07, 6.45) is 4.36. The van der Waals surface area contributed by atoms with Crippen LogP contribution in [-0.2, 0) is 6.54 Å². The van der Waals surface area contributed by atoms with Crippen molar-refractivity contribution in [3.8, 4) is 17.0 Å². The Balaban J connectivity index is 1.55. The molecule has 1 aliphatic heterocycles. The Morgan fingerprint density at radius 1 is 1.14 bits per heavy atom. The number of benzene rings is 1. The standard InChI is InChI=1S/C27H32F3N5O2/c1-16-8-17(31)14-35(13-16)24-6-7-32-12-23(24)33-11-18-4-5-20(28)26(34-18)25-21(29)9-19(10-22(25)30)37-15-27(2,3)36/h4-7,9-10,12,16-17,33,36H,8,11,13-15,31H2,1-3H3/t16-,17+/m1/s1. The number of aliphatic hydroxyl groups is 1. The molecule has 0 saturated carbocycles. The number of aromatic nitrogens is 2. The molecule has 3 heterocycles. The highest BCUT2D eigenvalue weighted by molar-refractivity contribution is 5.69. The lowest BCUT2D eigenvalue weighted by Crippen LogP contribution is -2.46. The van der Waals surface area contributed by atoms with Crippen LogP contribution in [0.5, 0.6) is 5.75 Å². The maximum atomic E-state index is 14.9. The Morgan fingerprint density at radius 3 is 2.54 bits per heavy atom. The largest absolute Gasteiger partial charge is 0.490 e. The van der Waals surface area contributed by atoms with Crippen molar-refractivity contribution in [3.05, 3.63) is 65.9 Å². The molecule has 10 heteroatoms. The average molecular weight is 516 g/mol. The van der Waals surface area contributed by atoms with Crippen LogP contribution in [0, 0.1) is 23.4 Å². The summed E-state index contributed by atoms with van der Waals surface area (Å²) in [5, 5.41) is 13.0. The van der Waals surface area contributed by atoms with Gasteiger partial charge >= 0.3 is 0 Å². The molecule has 2 aromatic heterocycles. The smallest absolute Gasteiger partial charge is 0.149 e. The molecule has 0 amide bonds. The van der Waals surface area contributed by atoms with Crippen molar-refractivity contribution >= 4 is 11.4 Å². The van der Waals surface area contributed by atoms with Crippen LogP contribution in [0.2, 0.25) is 0 Å². The lowest BCUT2D eigenvalue weighted by Gasteiger charge is -2.37. The van der Waals surface area contributed by atoms with E-state index in [-0.39, 0.29) is 24.9 Å². The number of hydrogen-bond acceptors (Lipinski definition) is 7. The number of piperidine rings is 1. The third-order valence-corrected chi connectivity index (χ3v) is 6.04. The van der Waals surface area contributed by atoms with E-state index in [0.717, 1.165) is 49.1 Å². The van der Waals surface area contributed by atoms with Crippen molar-refractivity contribution < 1.29 is 23.0 Å². The molecule has 4 rings (SSSR count). The minimum absolute atomic E-state index is 0.0720. The molecule has 0 bridgehead atoms. The van der Waals surface area contributed by atoms with Crippen molar-refractivity contribution in [1.29, 1.82) is 0 Å². The fourth-order valence-electron chi connectivity index (χ4n) is 4.46. The SMILES string of the molecule is C[C@@H]1C[C@H](N)CN(c2ccncc2NCc2ccc(F)c(-c3c(F)cc(OCC(C)(C)O)cc3F)n2)C1. The Labute approximate surface area is 214 Å². The summed E-state index contributed by atoms with van der Waals surface area (Å²) < 4.78 is 49.7. The number of nitrogens with two attached hydrogens (primary N) is 1. The predicted molar refractivity (Wildman–Crippen MR) is 137 cm³/mol. The first-order chi connectivity index (χ1) is 17.5. The molecule has 0 aliphatic carbocycles. The van der Waals surface area contributed by atoms with Crippen molar-refractivity contribution in [2.24, 2.45) is 11.7 Å². The fourth-order valence-corrected chi connectivity index (χ4v) is 4.46. The number of nitrogens with one attached hydrogen (secondary N) is 1. The van der Waals surface area contributed by atoms with E-state index in [9.17, 15) is 18.3 Å². The van der Waals surface area contributed by atoms with E-state index in [1.807, 2.05) is 6.07 Å². The van der Waals surface area contributed by atoms with Crippen molar-refractivity contribution in [2.75, 3.05) is 29.9 Å². The minimum Gasteiger partial charge on any atom is -0.490 e. The van der Waals surface area contributed by atoms with Gasteiger partial charge in [-0.15, -0.1) is 0 Å². The molecule has 7 nitrogen and oxygen atoms in total. The van der Waals surface area contributed by atoms with E-state index in [2.05, 4.69) is 27.1 Å². The summed E-state index contributed by atoms with van der Waals surface area (Å²) in [5.41, 5.74) is 6.08. The molecule has 0 unspecified atom stereocenters. The molecule has 0 radical (unpaired) electrons. The lowest BCUT2D eigenvalue weighted by atomic mass is 9.96. The number of hydrogen-bond donors (Lipinski definition) is 3. The summed E-state index contributed by atoms with van der Waals surface area (Å²) in [7, 11) is 0. The van der Waals surface area contributed by atoms with Gasteiger partial charge < -0.3 is 25.8 Å². The van der Waals surface area contributed by atoms with Gasteiger partial charge in [0.15, 0.2) is 0 Å². The first kappa shape index (κ1) is 26.7. The summed E-state index contributed by atoms with van der Waals surface area (Å²) in [5.74, 6) is -2.57. The molecular formula is C27H32F3N5O2. The van der Waals surface area contributed by atoms with Crippen LogP contribution in [-0.4, -0.2) is 46.4 Å². The van der Waals surface area contributed by atoms with Crippen LogP contribution in [0.25, 0.3) is 11.3 Å². The van der Waals surface area contributed by atoms with Gasteiger partial charge in [-0.05, 0) is 44.4 Å². The maximum absolute atomic E-state index is 14.9. The zero-order valence-corrected chi connectivity index (χ0v) is 21.1. The zero-order valence-electron chi connectivity index (χ0n) is 21.1. The van der Waals surface area contributed by atoms with E-state index in [0.29, 0.717) is 11.6 Å². The fraction of sp³-hybridized carbons (Fsp3) is 0.407. The molecule has 4 N–H and O–H groups in total. The van der Waals surface area contributed by atoms with Crippen molar-refractivity contribution in [3.63, 3.8) is 0 Å². The van der Waals surface area contributed by atoms with E-state index in [1.165, 1.54) is 19.9 Å². The van der Waals surface area contributed by atoms with Crippen LogP contribution in [0.1, 0.15) is 32.9 Å². The second-order valence-corrected chi connectivity index (χ2v) is 10.2. The number of rotatable bonds is 8. The quantitative estimate of drug-likeness (QED) is 0.407. The van der Waals surface area contributed by atoms with Gasteiger partial charge in [0, 0.05) is 37.5 Å². The maximum Gasteiger partial charge on any atom is 0.149 e. The Hall–Kier alpha value is -3.37. The summed E-state index contributed by atoms with van der Waals surface area (Å²) in [6.45, 7) is 6.76.